The van der Waals surface area contributed by atoms with Gasteiger partial charge in [0, 0.05) is 37.8 Å². The van der Waals surface area contributed by atoms with Crippen molar-refractivity contribution in [2.45, 2.75) is 70.9 Å². The lowest BCUT2D eigenvalue weighted by Crippen LogP contribution is -2.61. The highest BCUT2D eigenvalue weighted by Gasteiger charge is 2.50. The molecule has 1 aromatic carbocycles. The van der Waals surface area contributed by atoms with Crippen molar-refractivity contribution in [1.82, 2.24) is 15.1 Å². The molecule has 34 heavy (non-hydrogen) atoms. The predicted molar refractivity (Wildman–Crippen MR) is 131 cm³/mol. The van der Waals surface area contributed by atoms with Gasteiger partial charge in [0.1, 0.15) is 0 Å². The van der Waals surface area contributed by atoms with Gasteiger partial charge in [-0.1, -0.05) is 18.2 Å². The zero-order chi connectivity index (χ0) is 24.0. The number of nitrogens with one attached hydrogen (secondary N) is 1. The average Bonchev–Trinajstić information content (AvgIpc) is 3.42. The second kappa shape index (κ2) is 8.99. The third-order valence-electron chi connectivity index (χ3n) is 9.07. The van der Waals surface area contributed by atoms with Crippen molar-refractivity contribution >= 4 is 23.4 Å². The number of hydrogen-bond acceptors (Lipinski definition) is 4. The Labute approximate surface area is 202 Å². The number of piperidine rings is 1. The summed E-state index contributed by atoms with van der Waals surface area (Å²) in [5.41, 5.74) is 3.20. The first kappa shape index (κ1) is 23.3. The number of hydrogen-bond donors (Lipinski definition) is 1. The van der Waals surface area contributed by atoms with Crippen molar-refractivity contribution in [2.75, 3.05) is 38.1 Å². The highest BCUT2D eigenvalue weighted by molar-refractivity contribution is 6.01. The zero-order valence-electron chi connectivity index (χ0n) is 20.8. The Hall–Kier alpha value is -2.41. The van der Waals surface area contributed by atoms with Gasteiger partial charge in [-0.3, -0.25) is 19.3 Å². The Balaban J connectivity index is 1.17. The maximum atomic E-state index is 13.2. The number of aryl methyl sites for hydroxylation is 2. The minimum absolute atomic E-state index is 0.0113. The average molecular weight is 467 g/mol. The summed E-state index contributed by atoms with van der Waals surface area (Å²) in [6.45, 7) is 7.07. The van der Waals surface area contributed by atoms with Crippen LogP contribution in [0, 0.1) is 25.2 Å². The summed E-state index contributed by atoms with van der Waals surface area (Å²) in [5.74, 6) is 0.0244. The predicted octanol–water partition coefficient (Wildman–Crippen LogP) is 2.64. The summed E-state index contributed by atoms with van der Waals surface area (Å²) in [7, 11) is 2.05. The van der Waals surface area contributed by atoms with Crippen molar-refractivity contribution in [3.05, 3.63) is 29.3 Å². The van der Waals surface area contributed by atoms with Crippen molar-refractivity contribution < 1.29 is 14.4 Å². The van der Waals surface area contributed by atoms with Crippen LogP contribution in [0.4, 0.5) is 5.69 Å². The molecule has 3 aliphatic heterocycles. The Morgan fingerprint density at radius 3 is 2.32 bits per heavy atom. The van der Waals surface area contributed by atoms with E-state index >= 15 is 0 Å². The SMILES string of the molecule is Cc1cccc(C)c1N1C[C@@H](C(=O)N[C@H]2CCC23CCN(C(=O)[C@H]2CCCN2C)CC3)CC1=O. The number of rotatable bonds is 4. The Kier molecular flexibility index (Phi) is 6.17. The van der Waals surface area contributed by atoms with Crippen LogP contribution in [0.2, 0.25) is 0 Å². The molecular weight excluding hydrogens is 428 g/mol. The van der Waals surface area contributed by atoms with Gasteiger partial charge in [-0.2, -0.15) is 0 Å². The van der Waals surface area contributed by atoms with Crippen LogP contribution < -0.4 is 10.2 Å². The van der Waals surface area contributed by atoms with Gasteiger partial charge in [-0.25, -0.2) is 0 Å². The molecule has 0 aromatic heterocycles. The van der Waals surface area contributed by atoms with Crippen molar-refractivity contribution in [2.24, 2.45) is 11.3 Å². The monoisotopic (exact) mass is 466 g/mol. The van der Waals surface area contributed by atoms with Crippen LogP contribution in [-0.4, -0.2) is 72.8 Å². The van der Waals surface area contributed by atoms with Crippen LogP contribution in [0.1, 0.15) is 56.1 Å². The molecule has 0 unspecified atom stereocenters. The topological polar surface area (TPSA) is 73.0 Å². The van der Waals surface area contributed by atoms with E-state index in [0.717, 1.165) is 75.0 Å². The van der Waals surface area contributed by atoms with E-state index < -0.39 is 0 Å². The number of para-hydroxylation sites is 1. The van der Waals surface area contributed by atoms with Gasteiger partial charge in [0.05, 0.1) is 12.0 Å². The lowest BCUT2D eigenvalue weighted by molar-refractivity contribution is -0.141. The first-order valence-corrected chi connectivity index (χ1v) is 12.9. The first-order chi connectivity index (χ1) is 16.3. The minimum Gasteiger partial charge on any atom is -0.352 e. The third kappa shape index (κ3) is 4.02. The van der Waals surface area contributed by atoms with Crippen LogP contribution in [0.5, 0.6) is 0 Å². The maximum absolute atomic E-state index is 13.2. The first-order valence-electron chi connectivity index (χ1n) is 12.9. The number of benzene rings is 1. The molecule has 0 radical (unpaired) electrons. The third-order valence-corrected chi connectivity index (χ3v) is 9.07. The second-order valence-electron chi connectivity index (χ2n) is 11.1. The van der Waals surface area contributed by atoms with Gasteiger partial charge in [0.2, 0.25) is 17.7 Å². The normalized spacial score (nSPS) is 28.9. The molecule has 3 atom stereocenters. The fraction of sp³-hybridized carbons (Fsp3) is 0.667. The summed E-state index contributed by atoms with van der Waals surface area (Å²) in [6, 6.07) is 6.24. The Bertz CT molecular complexity index is 964. The van der Waals surface area contributed by atoms with E-state index in [1.165, 1.54) is 0 Å². The largest absolute Gasteiger partial charge is 0.352 e. The van der Waals surface area contributed by atoms with E-state index in [0.29, 0.717) is 6.54 Å². The second-order valence-corrected chi connectivity index (χ2v) is 11.1. The lowest BCUT2D eigenvalue weighted by atomic mass is 9.59. The van der Waals surface area contributed by atoms with Crippen LogP contribution in [-0.2, 0) is 14.4 Å². The molecule has 1 N–H and O–H groups in total. The Morgan fingerprint density at radius 2 is 1.74 bits per heavy atom. The summed E-state index contributed by atoms with van der Waals surface area (Å²) in [5, 5.41) is 3.32. The highest BCUT2D eigenvalue weighted by Crippen LogP contribution is 2.49. The minimum atomic E-state index is -0.302. The maximum Gasteiger partial charge on any atom is 0.239 e. The summed E-state index contributed by atoms with van der Waals surface area (Å²) in [6.07, 6.45) is 6.36. The smallest absolute Gasteiger partial charge is 0.239 e. The molecule has 1 aromatic rings. The molecule has 5 rings (SSSR count). The summed E-state index contributed by atoms with van der Waals surface area (Å²) >= 11 is 0. The molecule has 3 amide bonds. The molecule has 7 nitrogen and oxygen atoms in total. The van der Waals surface area contributed by atoms with E-state index in [9.17, 15) is 14.4 Å². The summed E-state index contributed by atoms with van der Waals surface area (Å²) < 4.78 is 0. The number of nitrogens with zero attached hydrogens (tertiary/aromatic N) is 3. The number of likely N-dealkylation sites (N-methyl/N-ethyl adjacent to an activating group) is 1. The fourth-order valence-electron chi connectivity index (χ4n) is 6.75. The van der Waals surface area contributed by atoms with Gasteiger partial charge in [-0.15, -0.1) is 0 Å². The Morgan fingerprint density at radius 1 is 1.03 bits per heavy atom. The number of anilines is 1. The molecule has 184 valence electrons. The van der Waals surface area contributed by atoms with E-state index in [1.807, 2.05) is 44.0 Å². The van der Waals surface area contributed by atoms with E-state index in [-0.39, 0.29) is 47.6 Å². The quantitative estimate of drug-likeness (QED) is 0.741. The number of carbonyl (C=O) groups excluding carboxylic acids is 3. The van der Waals surface area contributed by atoms with Crippen molar-refractivity contribution in [3.8, 4) is 0 Å². The van der Waals surface area contributed by atoms with Crippen molar-refractivity contribution in [3.63, 3.8) is 0 Å². The highest BCUT2D eigenvalue weighted by atomic mass is 16.2. The molecule has 1 saturated carbocycles. The van der Waals surface area contributed by atoms with E-state index in [1.54, 1.807) is 4.90 Å². The van der Waals surface area contributed by atoms with Crippen LogP contribution in [0.15, 0.2) is 18.2 Å². The number of amides is 3. The van der Waals surface area contributed by atoms with Gasteiger partial charge in [0.15, 0.2) is 0 Å². The molecule has 0 bridgehead atoms. The van der Waals surface area contributed by atoms with Gasteiger partial charge >= 0.3 is 0 Å². The lowest BCUT2D eigenvalue weighted by Gasteiger charge is -2.54. The molecular formula is C27H38N4O3. The molecule has 4 aliphatic rings. The molecule has 3 saturated heterocycles. The van der Waals surface area contributed by atoms with Crippen LogP contribution in [0.3, 0.4) is 0 Å². The fourth-order valence-corrected chi connectivity index (χ4v) is 6.75. The standard InChI is InChI=1S/C27H38N4O3/c1-18-6-4-7-19(2)24(18)31-17-20(16-23(31)32)25(33)28-22-9-10-27(22)11-14-30(15-12-27)26(34)21-8-5-13-29(21)3/h4,6-7,20-22H,5,8-17H2,1-3H3,(H,28,33)/t20-,21+,22-/m0/s1. The number of carbonyl (C=O) groups is 3. The number of likely N-dealkylation sites (tertiary alicyclic amines) is 2. The van der Waals surface area contributed by atoms with Gasteiger partial charge in [0.25, 0.3) is 0 Å². The molecule has 4 fully saturated rings. The zero-order valence-corrected chi connectivity index (χ0v) is 20.8. The van der Waals surface area contributed by atoms with Gasteiger partial charge in [-0.05, 0) is 82.5 Å². The van der Waals surface area contributed by atoms with Crippen molar-refractivity contribution in [1.29, 1.82) is 0 Å². The molecule has 1 aliphatic carbocycles. The van der Waals surface area contributed by atoms with Crippen LogP contribution >= 0.6 is 0 Å². The van der Waals surface area contributed by atoms with Crippen LogP contribution in [0.25, 0.3) is 0 Å². The van der Waals surface area contributed by atoms with E-state index in [2.05, 4.69) is 10.2 Å². The van der Waals surface area contributed by atoms with E-state index in [4.69, 9.17) is 0 Å². The van der Waals surface area contributed by atoms with Gasteiger partial charge < -0.3 is 15.1 Å². The molecule has 1 spiro atoms. The molecule has 7 heteroatoms. The molecule has 3 heterocycles. The summed E-state index contributed by atoms with van der Waals surface area (Å²) in [4.78, 5) is 45.0.